The Hall–Kier alpha value is -6.57. The molecular formula is C44H30N4. The normalized spacial score (nSPS) is 14.0. The fourth-order valence-corrected chi connectivity index (χ4v) is 6.33. The van der Waals surface area contributed by atoms with Gasteiger partial charge in [0, 0.05) is 11.1 Å². The molecule has 48 heavy (non-hydrogen) atoms. The van der Waals surface area contributed by atoms with E-state index in [0.29, 0.717) is 11.4 Å². The standard InChI is InChI=1S/C44H30N4/c45-29-30-18-20-31(21-19-30)36-14-9-15-37(28-36)39-27-26-38(40-16-7-8-17-41(39)40)32-22-24-35(25-23-32)44-47-42(33-10-3-1-4-11-33)46-43(48-44)34-12-5-2-6-13-34/h1-28,44H,(H,46,47,48). The van der Waals surface area contributed by atoms with Crippen LogP contribution in [0.25, 0.3) is 44.2 Å². The van der Waals surface area contributed by atoms with Crippen LogP contribution in [0.3, 0.4) is 0 Å². The molecule has 0 aliphatic carbocycles. The molecule has 1 unspecified atom stereocenters. The second-order valence-corrected chi connectivity index (χ2v) is 11.8. The molecule has 4 nitrogen and oxygen atoms in total. The molecule has 0 fully saturated rings. The minimum absolute atomic E-state index is 0.274. The van der Waals surface area contributed by atoms with Gasteiger partial charge in [0.25, 0.3) is 0 Å². The molecule has 0 spiro atoms. The highest BCUT2D eigenvalue weighted by Crippen LogP contribution is 2.37. The number of fused-ring (bicyclic) bond motifs is 1. The Morgan fingerprint density at radius 2 is 1.04 bits per heavy atom. The van der Waals surface area contributed by atoms with E-state index in [4.69, 9.17) is 9.98 Å². The van der Waals surface area contributed by atoms with Crippen molar-refractivity contribution in [1.29, 1.82) is 5.26 Å². The summed E-state index contributed by atoms with van der Waals surface area (Å²) in [6, 6.07) is 60.7. The third-order valence-electron chi connectivity index (χ3n) is 8.80. The Labute approximate surface area is 280 Å². The molecule has 1 aliphatic rings. The van der Waals surface area contributed by atoms with Crippen LogP contribution >= 0.6 is 0 Å². The van der Waals surface area contributed by atoms with Gasteiger partial charge in [-0.15, -0.1) is 0 Å². The molecular weight excluding hydrogens is 585 g/mol. The number of amidine groups is 2. The monoisotopic (exact) mass is 614 g/mol. The first-order valence-electron chi connectivity index (χ1n) is 16.0. The van der Waals surface area contributed by atoms with Crippen LogP contribution in [0.1, 0.15) is 28.4 Å². The second-order valence-electron chi connectivity index (χ2n) is 11.8. The molecule has 0 amide bonds. The second kappa shape index (κ2) is 12.7. The first-order chi connectivity index (χ1) is 23.7. The number of nitrogens with one attached hydrogen (secondary N) is 1. The lowest BCUT2D eigenvalue weighted by Crippen LogP contribution is -2.33. The molecule has 7 aromatic carbocycles. The summed E-state index contributed by atoms with van der Waals surface area (Å²) in [6.07, 6.45) is -0.274. The van der Waals surface area contributed by atoms with E-state index in [-0.39, 0.29) is 6.17 Å². The van der Waals surface area contributed by atoms with Crippen LogP contribution in [0, 0.1) is 11.3 Å². The van der Waals surface area contributed by atoms with Crippen LogP contribution < -0.4 is 5.32 Å². The van der Waals surface area contributed by atoms with Gasteiger partial charge in [-0.1, -0.05) is 152 Å². The summed E-state index contributed by atoms with van der Waals surface area (Å²) in [4.78, 5) is 9.94. The van der Waals surface area contributed by atoms with Gasteiger partial charge in [0.1, 0.15) is 12.0 Å². The van der Waals surface area contributed by atoms with Crippen LogP contribution in [-0.2, 0) is 0 Å². The van der Waals surface area contributed by atoms with Crippen LogP contribution in [-0.4, -0.2) is 11.7 Å². The quantitative estimate of drug-likeness (QED) is 0.203. The zero-order valence-corrected chi connectivity index (χ0v) is 26.1. The van der Waals surface area contributed by atoms with E-state index in [0.717, 1.165) is 44.8 Å². The van der Waals surface area contributed by atoms with Gasteiger partial charge in [0.15, 0.2) is 5.84 Å². The van der Waals surface area contributed by atoms with Crippen molar-refractivity contribution in [3.8, 4) is 39.4 Å². The van der Waals surface area contributed by atoms with Gasteiger partial charge in [0.2, 0.25) is 0 Å². The summed E-state index contributed by atoms with van der Waals surface area (Å²) in [5.41, 5.74) is 10.6. The van der Waals surface area contributed by atoms with Gasteiger partial charge in [-0.2, -0.15) is 5.26 Å². The van der Waals surface area contributed by atoms with E-state index in [1.165, 1.54) is 21.9 Å². The lowest BCUT2D eigenvalue weighted by molar-refractivity contribution is 0.674. The van der Waals surface area contributed by atoms with Crippen molar-refractivity contribution in [3.05, 3.63) is 192 Å². The topological polar surface area (TPSA) is 60.5 Å². The van der Waals surface area contributed by atoms with E-state index in [1.54, 1.807) is 0 Å². The third-order valence-corrected chi connectivity index (χ3v) is 8.80. The van der Waals surface area contributed by atoms with Crippen molar-refractivity contribution in [3.63, 3.8) is 0 Å². The Balaban J connectivity index is 1.13. The minimum atomic E-state index is -0.274. The Morgan fingerprint density at radius 3 is 1.71 bits per heavy atom. The summed E-state index contributed by atoms with van der Waals surface area (Å²) in [6.45, 7) is 0. The highest BCUT2D eigenvalue weighted by molar-refractivity contribution is 6.13. The predicted octanol–water partition coefficient (Wildman–Crippen LogP) is 10.2. The summed E-state index contributed by atoms with van der Waals surface area (Å²) in [7, 11) is 0. The molecule has 1 aliphatic heterocycles. The van der Waals surface area contributed by atoms with Gasteiger partial charge in [-0.3, -0.25) is 0 Å². The number of benzene rings is 7. The molecule has 226 valence electrons. The van der Waals surface area contributed by atoms with E-state index in [1.807, 2.05) is 60.7 Å². The average Bonchev–Trinajstić information content (AvgIpc) is 3.18. The average molecular weight is 615 g/mol. The summed E-state index contributed by atoms with van der Waals surface area (Å²) < 4.78 is 0. The molecule has 0 saturated carbocycles. The van der Waals surface area contributed by atoms with Gasteiger partial charge < -0.3 is 5.32 Å². The number of aliphatic imine (C=N–C) groups is 2. The molecule has 0 aromatic heterocycles. The molecule has 1 heterocycles. The van der Waals surface area contributed by atoms with Gasteiger partial charge in [-0.05, 0) is 67.9 Å². The van der Waals surface area contributed by atoms with Crippen molar-refractivity contribution >= 4 is 22.4 Å². The molecule has 0 bridgehead atoms. The van der Waals surface area contributed by atoms with Crippen molar-refractivity contribution < 1.29 is 0 Å². The van der Waals surface area contributed by atoms with Crippen LogP contribution in [0.15, 0.2) is 180 Å². The third kappa shape index (κ3) is 5.66. The number of nitrogens with zero attached hydrogens (tertiary/aromatic N) is 3. The van der Waals surface area contributed by atoms with E-state index >= 15 is 0 Å². The first kappa shape index (κ1) is 28.9. The summed E-state index contributed by atoms with van der Waals surface area (Å²) >= 11 is 0. The Morgan fingerprint density at radius 1 is 0.479 bits per heavy atom. The molecule has 8 rings (SSSR count). The summed E-state index contributed by atoms with van der Waals surface area (Å²) in [5, 5.41) is 15.2. The lowest BCUT2D eigenvalue weighted by atomic mass is 9.90. The fraction of sp³-hybridized carbons (Fsp3) is 0.0227. The summed E-state index contributed by atoms with van der Waals surface area (Å²) in [5.74, 6) is 1.52. The number of rotatable bonds is 6. The molecule has 4 heteroatoms. The van der Waals surface area contributed by atoms with Crippen molar-refractivity contribution in [2.24, 2.45) is 9.98 Å². The SMILES string of the molecule is N#Cc1ccc(-c2cccc(-c3ccc(-c4ccc(C5N=C(c6ccccc6)N=C(c6ccccc6)N5)cc4)c4ccccc34)c2)cc1. The van der Waals surface area contributed by atoms with E-state index in [2.05, 4.69) is 121 Å². The minimum Gasteiger partial charge on any atom is -0.344 e. The molecule has 1 atom stereocenters. The zero-order valence-electron chi connectivity index (χ0n) is 26.1. The Bertz CT molecular complexity index is 2350. The van der Waals surface area contributed by atoms with Crippen molar-refractivity contribution in [2.45, 2.75) is 6.17 Å². The maximum Gasteiger partial charge on any atom is 0.159 e. The Kier molecular flexibility index (Phi) is 7.62. The molecule has 7 aromatic rings. The van der Waals surface area contributed by atoms with Crippen LogP contribution in [0.4, 0.5) is 0 Å². The van der Waals surface area contributed by atoms with Crippen LogP contribution in [0.5, 0.6) is 0 Å². The molecule has 1 N–H and O–H groups in total. The van der Waals surface area contributed by atoms with Crippen molar-refractivity contribution in [2.75, 3.05) is 0 Å². The lowest BCUT2D eigenvalue weighted by Gasteiger charge is -2.24. The maximum atomic E-state index is 9.21. The van der Waals surface area contributed by atoms with Gasteiger partial charge in [-0.25, -0.2) is 9.98 Å². The molecule has 0 radical (unpaired) electrons. The largest absolute Gasteiger partial charge is 0.344 e. The fourth-order valence-electron chi connectivity index (χ4n) is 6.33. The van der Waals surface area contributed by atoms with Gasteiger partial charge >= 0.3 is 0 Å². The maximum absolute atomic E-state index is 9.21. The highest BCUT2D eigenvalue weighted by Gasteiger charge is 2.21. The predicted molar refractivity (Wildman–Crippen MR) is 197 cm³/mol. The zero-order chi connectivity index (χ0) is 32.3. The molecule has 0 saturated heterocycles. The highest BCUT2D eigenvalue weighted by atomic mass is 15.2. The van der Waals surface area contributed by atoms with Gasteiger partial charge in [0.05, 0.1) is 11.6 Å². The number of hydrogen-bond acceptors (Lipinski definition) is 4. The van der Waals surface area contributed by atoms with Crippen molar-refractivity contribution in [1.82, 2.24) is 5.32 Å². The van der Waals surface area contributed by atoms with Crippen LogP contribution in [0.2, 0.25) is 0 Å². The smallest absolute Gasteiger partial charge is 0.159 e. The number of nitriles is 1. The first-order valence-corrected chi connectivity index (χ1v) is 16.0. The number of hydrogen-bond donors (Lipinski definition) is 1. The van der Waals surface area contributed by atoms with E-state index < -0.39 is 0 Å². The van der Waals surface area contributed by atoms with E-state index in [9.17, 15) is 5.26 Å².